The molecule has 39 heavy (non-hydrogen) atoms. The van der Waals surface area contributed by atoms with Gasteiger partial charge < -0.3 is 5.11 Å². The van der Waals surface area contributed by atoms with Crippen LogP contribution in [0, 0.1) is 0 Å². The van der Waals surface area contributed by atoms with E-state index in [1.807, 2.05) is 12.1 Å². The van der Waals surface area contributed by atoms with Gasteiger partial charge in [0.25, 0.3) is 0 Å². The van der Waals surface area contributed by atoms with Crippen molar-refractivity contribution in [3.05, 3.63) is 137 Å². The van der Waals surface area contributed by atoms with Crippen molar-refractivity contribution in [3.63, 3.8) is 0 Å². The summed E-state index contributed by atoms with van der Waals surface area (Å²) in [6, 6.07) is 35.0. The van der Waals surface area contributed by atoms with Gasteiger partial charge in [0, 0.05) is 58.9 Å². The van der Waals surface area contributed by atoms with Gasteiger partial charge in [0.05, 0.1) is 17.0 Å². The zero-order valence-corrected chi connectivity index (χ0v) is 22.3. The first-order valence-electron chi connectivity index (χ1n) is 13.6. The molecule has 1 aromatic heterocycles. The molecule has 5 rings (SSSR count). The molecular weight excluding hydrogens is 484 g/mol. The van der Waals surface area contributed by atoms with E-state index in [4.69, 9.17) is 4.98 Å². The standard InChI is InChI=1S/C33H36N4O2/c38-33(39)30-20-31-25-36(23-28-12-6-2-7-13-28)18-16-35(22-27-10-4-1-5-11-27)17-19-37(26-32(21-30)34-31)24-29-14-8-3-9-15-29/h1-15,20-21H,16-19,22-26H2,(H,38,39). The summed E-state index contributed by atoms with van der Waals surface area (Å²) in [5.41, 5.74) is 5.70. The summed E-state index contributed by atoms with van der Waals surface area (Å²) in [7, 11) is 0. The van der Waals surface area contributed by atoms with E-state index >= 15 is 0 Å². The number of carboxylic acids is 1. The van der Waals surface area contributed by atoms with Crippen molar-refractivity contribution in [2.24, 2.45) is 0 Å². The number of carbonyl (C=O) groups is 1. The molecule has 4 aromatic rings. The molecule has 0 fully saturated rings. The quantitative estimate of drug-likeness (QED) is 0.357. The third-order valence-corrected chi connectivity index (χ3v) is 7.16. The lowest BCUT2D eigenvalue weighted by atomic mass is 10.1. The van der Waals surface area contributed by atoms with Crippen LogP contribution in [0.15, 0.2) is 103 Å². The van der Waals surface area contributed by atoms with Crippen molar-refractivity contribution < 1.29 is 9.90 Å². The molecule has 0 saturated carbocycles. The SMILES string of the molecule is O=C(O)c1cc2nc(c1)CN(Cc1ccccc1)CCN(Cc1ccccc1)CCN(Cc1ccccc1)C2. The van der Waals surface area contributed by atoms with Gasteiger partial charge in [0.2, 0.25) is 0 Å². The van der Waals surface area contributed by atoms with Crippen LogP contribution in [0.3, 0.4) is 0 Å². The van der Waals surface area contributed by atoms with E-state index in [0.717, 1.165) is 57.2 Å². The van der Waals surface area contributed by atoms with Crippen molar-refractivity contribution in [1.29, 1.82) is 0 Å². The van der Waals surface area contributed by atoms with E-state index in [1.54, 1.807) is 12.1 Å². The Morgan fingerprint density at radius 2 is 0.949 bits per heavy atom. The maximum atomic E-state index is 12.0. The van der Waals surface area contributed by atoms with Gasteiger partial charge in [-0.15, -0.1) is 0 Å². The lowest BCUT2D eigenvalue weighted by Crippen LogP contribution is -2.40. The summed E-state index contributed by atoms with van der Waals surface area (Å²) < 4.78 is 0. The van der Waals surface area contributed by atoms with Crippen molar-refractivity contribution >= 4 is 5.97 Å². The molecule has 2 heterocycles. The molecule has 3 aromatic carbocycles. The van der Waals surface area contributed by atoms with Crippen LogP contribution in [0.1, 0.15) is 38.4 Å². The highest BCUT2D eigenvalue weighted by Crippen LogP contribution is 2.17. The highest BCUT2D eigenvalue weighted by Gasteiger charge is 2.19. The Kier molecular flexibility index (Phi) is 9.12. The van der Waals surface area contributed by atoms with Crippen LogP contribution in [0.5, 0.6) is 0 Å². The number of rotatable bonds is 7. The monoisotopic (exact) mass is 520 g/mol. The number of benzene rings is 3. The van der Waals surface area contributed by atoms with Crippen LogP contribution in [-0.2, 0) is 32.7 Å². The zero-order valence-electron chi connectivity index (χ0n) is 22.3. The van der Waals surface area contributed by atoms with Gasteiger partial charge in [0.1, 0.15) is 0 Å². The fourth-order valence-electron chi connectivity index (χ4n) is 5.18. The Balaban J connectivity index is 1.45. The predicted molar refractivity (Wildman–Crippen MR) is 154 cm³/mol. The van der Waals surface area contributed by atoms with Gasteiger partial charge in [-0.2, -0.15) is 0 Å². The largest absolute Gasteiger partial charge is 0.478 e. The molecule has 1 N–H and O–H groups in total. The zero-order chi connectivity index (χ0) is 26.9. The second kappa shape index (κ2) is 13.3. The number of hydrogen-bond acceptors (Lipinski definition) is 5. The first kappa shape index (κ1) is 26.8. The van der Waals surface area contributed by atoms with Crippen LogP contribution < -0.4 is 0 Å². The molecular formula is C33H36N4O2. The molecule has 0 spiro atoms. The maximum Gasteiger partial charge on any atom is 0.335 e. The fraction of sp³-hybridized carbons (Fsp3) is 0.273. The van der Waals surface area contributed by atoms with Gasteiger partial charge in [0.15, 0.2) is 0 Å². The normalized spacial score (nSPS) is 15.8. The van der Waals surface area contributed by atoms with Crippen LogP contribution in [0.4, 0.5) is 0 Å². The predicted octanol–water partition coefficient (Wildman–Crippen LogP) is 5.30. The first-order chi connectivity index (χ1) is 19.1. The van der Waals surface area contributed by atoms with Crippen LogP contribution in [-0.4, -0.2) is 56.9 Å². The Hall–Kier alpha value is -3.84. The minimum absolute atomic E-state index is 0.303. The molecule has 200 valence electrons. The summed E-state index contributed by atoms with van der Waals surface area (Å²) in [6.07, 6.45) is 0. The average Bonchev–Trinajstić information content (AvgIpc) is 2.95. The Morgan fingerprint density at radius 3 is 1.33 bits per heavy atom. The Labute approximate surface area is 231 Å². The molecule has 0 radical (unpaired) electrons. The van der Waals surface area contributed by atoms with Gasteiger partial charge in [-0.05, 0) is 28.8 Å². The highest BCUT2D eigenvalue weighted by atomic mass is 16.4. The molecule has 0 aliphatic carbocycles. The van der Waals surface area contributed by atoms with Crippen LogP contribution in [0.25, 0.3) is 0 Å². The Morgan fingerprint density at radius 1 is 0.590 bits per heavy atom. The molecule has 6 heteroatoms. The molecule has 1 aliphatic rings. The third-order valence-electron chi connectivity index (χ3n) is 7.16. The van der Waals surface area contributed by atoms with Gasteiger partial charge in [-0.25, -0.2) is 4.79 Å². The minimum Gasteiger partial charge on any atom is -0.478 e. The molecule has 0 atom stereocenters. The topological polar surface area (TPSA) is 59.9 Å². The van der Waals surface area contributed by atoms with Gasteiger partial charge in [-0.1, -0.05) is 91.0 Å². The van der Waals surface area contributed by atoms with Crippen molar-refractivity contribution in [2.75, 3.05) is 26.2 Å². The van der Waals surface area contributed by atoms with E-state index < -0.39 is 5.97 Å². The van der Waals surface area contributed by atoms with E-state index in [9.17, 15) is 9.90 Å². The first-order valence-corrected chi connectivity index (χ1v) is 13.6. The van der Waals surface area contributed by atoms with Gasteiger partial charge in [-0.3, -0.25) is 19.7 Å². The van der Waals surface area contributed by atoms with Crippen LogP contribution in [0.2, 0.25) is 0 Å². The molecule has 0 amide bonds. The molecule has 2 bridgehead atoms. The summed E-state index contributed by atoms with van der Waals surface area (Å²) in [5.74, 6) is -0.912. The number of carboxylic acid groups (broad SMARTS) is 1. The molecule has 6 nitrogen and oxygen atoms in total. The van der Waals surface area contributed by atoms with Gasteiger partial charge >= 0.3 is 5.97 Å². The molecule has 0 saturated heterocycles. The molecule has 0 unspecified atom stereocenters. The third kappa shape index (κ3) is 8.07. The van der Waals surface area contributed by atoms with E-state index in [1.165, 1.54) is 16.7 Å². The number of hydrogen-bond donors (Lipinski definition) is 1. The number of pyridine rings is 1. The summed E-state index contributed by atoms with van der Waals surface area (Å²) in [4.78, 5) is 24.3. The van der Waals surface area contributed by atoms with Crippen molar-refractivity contribution in [2.45, 2.75) is 32.7 Å². The smallest absolute Gasteiger partial charge is 0.335 e. The second-order valence-corrected chi connectivity index (χ2v) is 10.3. The highest BCUT2D eigenvalue weighted by molar-refractivity contribution is 5.87. The Bertz CT molecular complexity index is 1260. The van der Waals surface area contributed by atoms with E-state index in [2.05, 4.69) is 93.6 Å². The summed E-state index contributed by atoms with van der Waals surface area (Å²) in [6.45, 7) is 7.19. The fourth-order valence-corrected chi connectivity index (χ4v) is 5.18. The van der Waals surface area contributed by atoms with Crippen LogP contribution >= 0.6 is 0 Å². The van der Waals surface area contributed by atoms with E-state index in [-0.39, 0.29) is 0 Å². The van der Waals surface area contributed by atoms with E-state index in [0.29, 0.717) is 18.7 Å². The maximum absolute atomic E-state index is 12.0. The molecule has 1 aliphatic heterocycles. The minimum atomic E-state index is -0.912. The lowest BCUT2D eigenvalue weighted by Gasteiger charge is -2.31. The number of aromatic nitrogens is 1. The average molecular weight is 521 g/mol. The number of nitrogens with zero attached hydrogens (tertiary/aromatic N) is 4. The second-order valence-electron chi connectivity index (χ2n) is 10.3. The van der Waals surface area contributed by atoms with Crippen molar-refractivity contribution in [1.82, 2.24) is 19.7 Å². The summed E-state index contributed by atoms with van der Waals surface area (Å²) >= 11 is 0. The number of aromatic carboxylic acids is 1. The number of fused-ring (bicyclic) bond motifs is 2. The van der Waals surface area contributed by atoms with Crippen molar-refractivity contribution in [3.8, 4) is 0 Å². The lowest BCUT2D eigenvalue weighted by molar-refractivity contribution is 0.0696. The summed E-state index contributed by atoms with van der Waals surface area (Å²) in [5, 5.41) is 9.86.